The Morgan fingerprint density at radius 1 is 0.492 bits per heavy atom. The molecule has 0 amide bonds. The number of aliphatic hydroxyl groups is 3. The Morgan fingerprint density at radius 3 is 1.39 bits per heavy atom. The molecule has 0 saturated carbocycles. The second kappa shape index (κ2) is 20.6. The van der Waals surface area contributed by atoms with Crippen molar-refractivity contribution in [3.63, 3.8) is 0 Å². The van der Waals surface area contributed by atoms with Gasteiger partial charge in [0.05, 0.1) is 28.9 Å². The lowest BCUT2D eigenvalue weighted by molar-refractivity contribution is -0.335. The van der Waals surface area contributed by atoms with E-state index in [2.05, 4.69) is 0 Å². The number of benzene rings is 5. The molecule has 0 unspecified atom stereocenters. The van der Waals surface area contributed by atoms with Gasteiger partial charge in [-0.1, -0.05) is 103 Å². The zero-order chi connectivity index (χ0) is 42.7. The Hall–Kier alpha value is -5.91. The fourth-order valence-corrected chi connectivity index (χ4v) is 7.81. The summed E-state index contributed by atoms with van der Waals surface area (Å²) < 4.78 is 42.7. The zero-order valence-corrected chi connectivity index (χ0v) is 33.2. The molecule has 316 valence electrons. The van der Waals surface area contributed by atoms with Crippen LogP contribution in [0.15, 0.2) is 157 Å². The molecule has 2 fully saturated rings. The number of hydrogen-bond acceptors (Lipinski definition) is 15. The highest BCUT2D eigenvalue weighted by molar-refractivity contribution is 7.99. The minimum absolute atomic E-state index is 0.0805. The van der Waals surface area contributed by atoms with Gasteiger partial charge in [0.1, 0.15) is 42.6 Å². The van der Waals surface area contributed by atoms with E-state index >= 15 is 0 Å². The van der Waals surface area contributed by atoms with Crippen molar-refractivity contribution in [2.24, 2.45) is 0 Å². The first-order chi connectivity index (χ1) is 29.7. The van der Waals surface area contributed by atoms with E-state index in [4.69, 9.17) is 33.2 Å². The lowest BCUT2D eigenvalue weighted by Gasteiger charge is -2.47. The molecule has 2 aliphatic heterocycles. The summed E-state index contributed by atoms with van der Waals surface area (Å²) in [5, 5.41) is 33.6. The number of thioether (sulfide) groups is 1. The third kappa shape index (κ3) is 10.7. The molecule has 0 aliphatic carbocycles. The van der Waals surface area contributed by atoms with Crippen LogP contribution in [0.25, 0.3) is 0 Å². The van der Waals surface area contributed by atoms with Gasteiger partial charge in [0.2, 0.25) is 0 Å². The molecular weight excluding hydrogens is 809 g/mol. The summed E-state index contributed by atoms with van der Waals surface area (Å²) in [6.45, 7) is -1.30. The van der Waals surface area contributed by atoms with Crippen LogP contribution in [0.5, 0.6) is 0 Å². The number of carbonyl (C=O) groups excluding carboxylic acids is 4. The molecule has 0 radical (unpaired) electrons. The van der Waals surface area contributed by atoms with Crippen LogP contribution >= 0.6 is 11.8 Å². The van der Waals surface area contributed by atoms with Crippen molar-refractivity contribution in [1.29, 1.82) is 0 Å². The Bertz CT molecular complexity index is 2200. The SMILES string of the molecule is O=C(OC[C@H]1O[C@@H](O[C@@H]2[C@@H](O)[C@H](Sc3ccccc3)O[C@H](CO)[C@H]2O)[C@H](OC(=O)c2ccccc2)[C@@H](OC(=O)c2ccccc2)[C@@H]1OC(=O)c1ccccc1)c1ccccc1. The van der Waals surface area contributed by atoms with Crippen LogP contribution in [0.3, 0.4) is 0 Å². The zero-order valence-electron chi connectivity index (χ0n) is 32.4. The molecule has 14 nitrogen and oxygen atoms in total. The van der Waals surface area contributed by atoms with Gasteiger partial charge in [0.15, 0.2) is 24.6 Å². The lowest BCUT2D eigenvalue weighted by Crippen LogP contribution is -2.66. The topological polar surface area (TPSA) is 194 Å². The summed E-state index contributed by atoms with van der Waals surface area (Å²) in [5.74, 6) is -3.50. The first kappa shape index (κ1) is 43.2. The highest BCUT2D eigenvalue weighted by Crippen LogP contribution is 2.38. The maximum absolute atomic E-state index is 14.0. The molecule has 7 rings (SSSR count). The van der Waals surface area contributed by atoms with E-state index in [1.54, 1.807) is 97.1 Å². The van der Waals surface area contributed by atoms with Gasteiger partial charge in [0.25, 0.3) is 0 Å². The van der Waals surface area contributed by atoms with E-state index in [-0.39, 0.29) is 22.3 Å². The maximum Gasteiger partial charge on any atom is 0.338 e. The van der Waals surface area contributed by atoms with E-state index in [0.717, 1.165) is 11.8 Å². The second-order valence-corrected chi connectivity index (χ2v) is 15.1. The summed E-state index contributed by atoms with van der Waals surface area (Å²) in [6, 6.07) is 40.6. The predicted octanol–water partition coefficient (Wildman–Crippen LogP) is 4.86. The Labute approximate surface area is 354 Å². The molecule has 3 N–H and O–H groups in total. The Morgan fingerprint density at radius 2 is 0.918 bits per heavy atom. The average Bonchev–Trinajstić information content (AvgIpc) is 3.31. The van der Waals surface area contributed by atoms with Gasteiger partial charge in [-0.25, -0.2) is 19.2 Å². The van der Waals surface area contributed by atoms with E-state index in [9.17, 15) is 34.5 Å². The van der Waals surface area contributed by atoms with Crippen LogP contribution in [-0.2, 0) is 33.2 Å². The number of carbonyl (C=O) groups is 4. The summed E-state index contributed by atoms with van der Waals surface area (Å²) in [6.07, 6.45) is -14.7. The number of aliphatic hydroxyl groups excluding tert-OH is 3. The maximum atomic E-state index is 14.0. The molecule has 2 aliphatic rings. The fraction of sp³-hybridized carbons (Fsp3) is 0.261. The molecular formula is C46H42O14S. The van der Waals surface area contributed by atoms with Gasteiger partial charge in [-0.15, -0.1) is 0 Å². The number of hydrogen-bond donors (Lipinski definition) is 3. The van der Waals surface area contributed by atoms with Crippen LogP contribution in [0.4, 0.5) is 0 Å². The summed E-state index contributed by atoms with van der Waals surface area (Å²) in [4.78, 5) is 55.7. The van der Waals surface area contributed by atoms with Crippen molar-refractivity contribution < 1.29 is 67.7 Å². The van der Waals surface area contributed by atoms with Gasteiger partial charge in [-0.2, -0.15) is 0 Å². The lowest BCUT2D eigenvalue weighted by atomic mass is 9.96. The van der Waals surface area contributed by atoms with Crippen molar-refractivity contribution in [2.75, 3.05) is 13.2 Å². The second-order valence-electron chi connectivity index (χ2n) is 14.0. The van der Waals surface area contributed by atoms with E-state index in [1.807, 2.05) is 6.07 Å². The summed E-state index contributed by atoms with van der Waals surface area (Å²) in [7, 11) is 0. The Kier molecular flexibility index (Phi) is 14.6. The molecule has 0 aromatic heterocycles. The van der Waals surface area contributed by atoms with Gasteiger partial charge < -0.3 is 48.5 Å². The van der Waals surface area contributed by atoms with E-state index < -0.39 is 97.6 Å². The molecule has 0 bridgehead atoms. The minimum atomic E-state index is -1.83. The van der Waals surface area contributed by atoms with E-state index in [0.29, 0.717) is 4.90 Å². The highest BCUT2D eigenvalue weighted by Gasteiger charge is 2.56. The van der Waals surface area contributed by atoms with Crippen molar-refractivity contribution in [3.05, 3.63) is 174 Å². The van der Waals surface area contributed by atoms with Crippen LogP contribution in [0.2, 0.25) is 0 Å². The molecule has 0 spiro atoms. The standard InChI is InChI=1S/C46H42O14S/c47-26-33-35(48)38(36(49)46(56-33)61-32-24-14-5-15-25-32)60-45-40(59-44(53)31-22-12-4-13-23-31)39(58-43(52)30-20-10-3-11-21-30)37(57-42(51)29-18-8-2-9-19-29)34(55-45)27-54-41(50)28-16-6-1-7-17-28/h1-25,33-40,45-49H,26-27H2/t33-,34-,35-,36-,37-,38+,39+,40-,45+,46+/m1/s1. The molecule has 61 heavy (non-hydrogen) atoms. The summed E-state index contributed by atoms with van der Waals surface area (Å²) in [5.41, 5.74) is -0.636. The number of ether oxygens (including phenoxy) is 7. The largest absolute Gasteiger partial charge is 0.459 e. The van der Waals surface area contributed by atoms with Crippen molar-refractivity contribution >= 4 is 35.6 Å². The van der Waals surface area contributed by atoms with Crippen LogP contribution < -0.4 is 0 Å². The third-order valence-corrected chi connectivity index (χ3v) is 11.0. The van der Waals surface area contributed by atoms with Gasteiger partial charge in [0, 0.05) is 4.90 Å². The minimum Gasteiger partial charge on any atom is -0.459 e. The van der Waals surface area contributed by atoms with Gasteiger partial charge in [-0.3, -0.25) is 0 Å². The van der Waals surface area contributed by atoms with Crippen LogP contribution in [0, 0.1) is 0 Å². The average molecular weight is 851 g/mol. The quantitative estimate of drug-likeness (QED) is 0.101. The van der Waals surface area contributed by atoms with Crippen molar-refractivity contribution in [1.82, 2.24) is 0 Å². The predicted molar refractivity (Wildman–Crippen MR) is 217 cm³/mol. The van der Waals surface area contributed by atoms with Gasteiger partial charge in [-0.05, 0) is 60.7 Å². The van der Waals surface area contributed by atoms with E-state index in [1.165, 1.54) is 48.5 Å². The number of esters is 4. The first-order valence-corrected chi connectivity index (χ1v) is 20.2. The highest BCUT2D eigenvalue weighted by atomic mass is 32.2. The molecule has 5 aromatic rings. The monoisotopic (exact) mass is 850 g/mol. The van der Waals surface area contributed by atoms with Crippen LogP contribution in [-0.4, -0.2) is 113 Å². The Balaban J connectivity index is 1.30. The van der Waals surface area contributed by atoms with Crippen molar-refractivity contribution in [3.8, 4) is 0 Å². The fourth-order valence-electron chi connectivity index (χ4n) is 6.74. The number of rotatable bonds is 14. The normalized spacial score (nSPS) is 26.0. The molecule has 15 heteroatoms. The van der Waals surface area contributed by atoms with Crippen molar-refractivity contribution in [2.45, 2.75) is 65.5 Å². The van der Waals surface area contributed by atoms with Crippen LogP contribution in [0.1, 0.15) is 41.4 Å². The molecule has 2 heterocycles. The molecule has 5 aromatic carbocycles. The first-order valence-electron chi connectivity index (χ1n) is 19.4. The smallest absolute Gasteiger partial charge is 0.338 e. The third-order valence-electron chi connectivity index (χ3n) is 9.85. The summed E-state index contributed by atoms with van der Waals surface area (Å²) >= 11 is 1.10. The molecule has 2 saturated heterocycles. The van der Waals surface area contributed by atoms with Gasteiger partial charge >= 0.3 is 23.9 Å². The molecule has 10 atom stereocenters.